The predicted molar refractivity (Wildman–Crippen MR) is 60.1 cm³/mol. The summed E-state index contributed by atoms with van der Waals surface area (Å²) in [6.45, 7) is 2.64. The Morgan fingerprint density at radius 3 is 2.71 bits per heavy atom. The maximum atomic E-state index is 11.0. The second-order valence-electron chi connectivity index (χ2n) is 4.00. The van der Waals surface area contributed by atoms with Crippen molar-refractivity contribution in [2.75, 3.05) is 13.1 Å². The first-order chi connectivity index (χ1) is 8.06. The molecule has 0 bridgehead atoms. The lowest BCUT2D eigenvalue weighted by Crippen LogP contribution is -2.55. The van der Waals surface area contributed by atoms with Crippen molar-refractivity contribution < 1.29 is 19.4 Å². The van der Waals surface area contributed by atoms with Crippen LogP contribution in [-0.2, 0) is 4.79 Å². The zero-order valence-corrected chi connectivity index (χ0v) is 9.42. The average Bonchev–Trinajstić information content (AvgIpc) is 2.22. The third-order valence-electron chi connectivity index (χ3n) is 2.68. The summed E-state index contributed by atoms with van der Waals surface area (Å²) in [6.07, 6.45) is -0.0389. The molecule has 1 aromatic rings. The van der Waals surface area contributed by atoms with Gasteiger partial charge in [-0.3, -0.25) is 4.79 Å². The highest BCUT2D eigenvalue weighted by molar-refractivity contribution is 5.88. The summed E-state index contributed by atoms with van der Waals surface area (Å²) in [5.41, 5.74) is 0.199. The van der Waals surface area contributed by atoms with Crippen LogP contribution in [0, 0.1) is 0 Å². The van der Waals surface area contributed by atoms with Crippen molar-refractivity contribution in [2.45, 2.75) is 13.0 Å². The number of benzene rings is 1. The molecule has 1 aliphatic heterocycles. The number of rotatable bonds is 3. The Bertz CT molecular complexity index is 452. The molecule has 1 amide bonds. The zero-order chi connectivity index (χ0) is 12.4. The van der Waals surface area contributed by atoms with Crippen molar-refractivity contribution in [3.8, 4) is 5.75 Å². The van der Waals surface area contributed by atoms with E-state index in [9.17, 15) is 9.59 Å². The molecule has 5 nitrogen and oxygen atoms in total. The van der Waals surface area contributed by atoms with E-state index in [4.69, 9.17) is 9.84 Å². The number of nitrogens with zero attached hydrogens (tertiary/aromatic N) is 1. The van der Waals surface area contributed by atoms with Crippen LogP contribution in [0.25, 0.3) is 0 Å². The van der Waals surface area contributed by atoms with Crippen LogP contribution in [0.3, 0.4) is 0 Å². The van der Waals surface area contributed by atoms with E-state index >= 15 is 0 Å². The fourth-order valence-electron chi connectivity index (χ4n) is 1.66. The molecule has 1 fully saturated rings. The van der Waals surface area contributed by atoms with Crippen LogP contribution in [0.15, 0.2) is 24.3 Å². The smallest absolute Gasteiger partial charge is 0.335 e. The summed E-state index contributed by atoms with van der Waals surface area (Å²) < 4.78 is 5.56. The van der Waals surface area contributed by atoms with Crippen LogP contribution in [0.5, 0.6) is 5.75 Å². The van der Waals surface area contributed by atoms with Crippen LogP contribution < -0.4 is 4.74 Å². The van der Waals surface area contributed by atoms with Gasteiger partial charge in [0.1, 0.15) is 11.9 Å². The molecular formula is C12H13NO4. The lowest BCUT2D eigenvalue weighted by molar-refractivity contribution is -0.137. The third-order valence-corrected chi connectivity index (χ3v) is 2.68. The number of likely N-dealkylation sites (tertiary alicyclic amines) is 1. The Balaban J connectivity index is 1.94. The maximum Gasteiger partial charge on any atom is 0.335 e. The van der Waals surface area contributed by atoms with Crippen LogP contribution >= 0.6 is 0 Å². The normalized spacial score (nSPS) is 15.2. The first kappa shape index (κ1) is 11.4. The van der Waals surface area contributed by atoms with Gasteiger partial charge in [-0.2, -0.15) is 0 Å². The lowest BCUT2D eigenvalue weighted by Gasteiger charge is -2.38. The Labute approximate surface area is 98.6 Å². The molecule has 1 saturated heterocycles. The first-order valence-electron chi connectivity index (χ1n) is 5.32. The van der Waals surface area contributed by atoms with Gasteiger partial charge in [-0.15, -0.1) is 0 Å². The van der Waals surface area contributed by atoms with Crippen LogP contribution in [0.2, 0.25) is 0 Å². The highest BCUT2D eigenvalue weighted by atomic mass is 16.5. The quantitative estimate of drug-likeness (QED) is 0.848. The van der Waals surface area contributed by atoms with Gasteiger partial charge in [0.25, 0.3) is 0 Å². The number of amides is 1. The third kappa shape index (κ3) is 2.55. The van der Waals surface area contributed by atoms with Crippen LogP contribution in [0.4, 0.5) is 0 Å². The number of carbonyl (C=O) groups excluding carboxylic acids is 1. The molecule has 90 valence electrons. The molecule has 5 heteroatoms. The SMILES string of the molecule is CC(=O)N1CC(Oc2cccc(C(=O)O)c2)C1. The number of aromatic carboxylic acids is 1. The standard InChI is InChI=1S/C12H13NO4/c1-8(14)13-6-11(7-13)17-10-4-2-3-9(5-10)12(15)16/h2-5,11H,6-7H2,1H3,(H,15,16). The maximum absolute atomic E-state index is 11.0. The minimum absolute atomic E-state index is 0.0316. The predicted octanol–water partition coefficient (Wildman–Crippen LogP) is 0.994. The summed E-state index contributed by atoms with van der Waals surface area (Å²) in [5, 5.41) is 8.82. The van der Waals surface area contributed by atoms with Gasteiger partial charge in [0, 0.05) is 6.92 Å². The molecule has 0 atom stereocenters. The molecule has 1 aromatic carbocycles. The van der Waals surface area contributed by atoms with E-state index in [-0.39, 0.29) is 17.6 Å². The molecule has 0 spiro atoms. The van der Waals surface area contributed by atoms with Gasteiger partial charge < -0.3 is 14.7 Å². The zero-order valence-electron chi connectivity index (χ0n) is 9.42. The highest BCUT2D eigenvalue weighted by Gasteiger charge is 2.30. The second kappa shape index (κ2) is 4.45. The van der Waals surface area contributed by atoms with Gasteiger partial charge >= 0.3 is 5.97 Å². The van der Waals surface area contributed by atoms with Crippen molar-refractivity contribution >= 4 is 11.9 Å². The molecular weight excluding hydrogens is 222 g/mol. The largest absolute Gasteiger partial charge is 0.487 e. The van der Waals surface area contributed by atoms with Gasteiger partial charge in [0.15, 0.2) is 0 Å². The number of hydrogen-bond donors (Lipinski definition) is 1. The van der Waals surface area contributed by atoms with E-state index in [0.717, 1.165) is 0 Å². The van der Waals surface area contributed by atoms with Crippen molar-refractivity contribution in [1.82, 2.24) is 4.90 Å². The topological polar surface area (TPSA) is 66.8 Å². The number of ether oxygens (including phenoxy) is 1. The van der Waals surface area contributed by atoms with Gasteiger partial charge in [-0.05, 0) is 18.2 Å². The first-order valence-corrected chi connectivity index (χ1v) is 5.32. The molecule has 1 heterocycles. The summed E-state index contributed by atoms with van der Waals surface area (Å²) in [6, 6.07) is 6.35. The van der Waals surface area contributed by atoms with Gasteiger partial charge in [0.05, 0.1) is 18.7 Å². The molecule has 1 N–H and O–H groups in total. The number of carboxylic acids is 1. The van der Waals surface area contributed by atoms with Crippen molar-refractivity contribution in [1.29, 1.82) is 0 Å². The van der Waals surface area contributed by atoms with Crippen molar-refractivity contribution in [3.05, 3.63) is 29.8 Å². The molecule has 0 radical (unpaired) electrons. The summed E-state index contributed by atoms with van der Waals surface area (Å²) in [7, 11) is 0. The fraction of sp³-hybridized carbons (Fsp3) is 0.333. The average molecular weight is 235 g/mol. The summed E-state index contributed by atoms with van der Waals surface area (Å²) >= 11 is 0. The molecule has 0 aliphatic carbocycles. The Morgan fingerprint density at radius 1 is 1.41 bits per heavy atom. The molecule has 0 saturated carbocycles. The van der Waals surface area contributed by atoms with Crippen LogP contribution in [0.1, 0.15) is 17.3 Å². The highest BCUT2D eigenvalue weighted by Crippen LogP contribution is 2.19. The Hall–Kier alpha value is -2.04. The van der Waals surface area contributed by atoms with E-state index in [2.05, 4.69) is 0 Å². The van der Waals surface area contributed by atoms with E-state index < -0.39 is 5.97 Å². The minimum Gasteiger partial charge on any atom is -0.487 e. The number of carbonyl (C=O) groups is 2. The van der Waals surface area contributed by atoms with Gasteiger partial charge in [-0.1, -0.05) is 6.07 Å². The number of hydrogen-bond acceptors (Lipinski definition) is 3. The molecule has 2 rings (SSSR count). The Kier molecular flexibility index (Phi) is 2.99. The molecule has 0 unspecified atom stereocenters. The van der Waals surface area contributed by atoms with Crippen molar-refractivity contribution in [3.63, 3.8) is 0 Å². The molecule has 1 aliphatic rings. The van der Waals surface area contributed by atoms with Crippen LogP contribution in [-0.4, -0.2) is 41.1 Å². The van der Waals surface area contributed by atoms with Gasteiger partial charge in [-0.25, -0.2) is 4.79 Å². The number of carboxylic acid groups (broad SMARTS) is 1. The fourth-order valence-corrected chi connectivity index (χ4v) is 1.66. The monoisotopic (exact) mass is 235 g/mol. The second-order valence-corrected chi connectivity index (χ2v) is 4.00. The van der Waals surface area contributed by atoms with Gasteiger partial charge in [0.2, 0.25) is 5.91 Å². The van der Waals surface area contributed by atoms with E-state index in [1.165, 1.54) is 19.1 Å². The summed E-state index contributed by atoms with van der Waals surface area (Å²) in [5.74, 6) is -0.420. The van der Waals surface area contributed by atoms with E-state index in [1.807, 2.05) is 0 Å². The lowest BCUT2D eigenvalue weighted by atomic mass is 10.1. The molecule has 0 aromatic heterocycles. The van der Waals surface area contributed by atoms with E-state index in [0.29, 0.717) is 18.8 Å². The Morgan fingerprint density at radius 2 is 2.12 bits per heavy atom. The summed E-state index contributed by atoms with van der Waals surface area (Å²) in [4.78, 5) is 23.4. The van der Waals surface area contributed by atoms with Crippen molar-refractivity contribution in [2.24, 2.45) is 0 Å². The molecule has 17 heavy (non-hydrogen) atoms. The minimum atomic E-state index is -0.977. The van der Waals surface area contributed by atoms with E-state index in [1.54, 1.807) is 17.0 Å².